The lowest BCUT2D eigenvalue weighted by Crippen LogP contribution is -2.31. The van der Waals surface area contributed by atoms with Crippen molar-refractivity contribution in [1.29, 1.82) is 0 Å². The fourth-order valence-electron chi connectivity index (χ4n) is 1.37. The van der Waals surface area contributed by atoms with E-state index in [0.717, 1.165) is 22.3 Å². The minimum atomic E-state index is -0.786. The molecule has 0 bridgehead atoms. The molecule has 0 aliphatic carbocycles. The second kappa shape index (κ2) is 6.38. The predicted octanol–water partition coefficient (Wildman–Crippen LogP) is 2.71. The Labute approximate surface area is 111 Å². The summed E-state index contributed by atoms with van der Waals surface area (Å²) in [5, 5.41) is 13.0. The zero-order valence-corrected chi connectivity index (χ0v) is 12.2. The molecule has 17 heavy (non-hydrogen) atoms. The van der Waals surface area contributed by atoms with Crippen molar-refractivity contribution in [2.75, 3.05) is 13.7 Å². The minimum Gasteiger partial charge on any atom is -0.489 e. The van der Waals surface area contributed by atoms with Crippen molar-refractivity contribution in [3.63, 3.8) is 0 Å². The van der Waals surface area contributed by atoms with Gasteiger partial charge in [0.05, 0.1) is 10.1 Å². The number of rotatable bonds is 6. The molecule has 2 N–H and O–H groups in total. The molecule has 1 unspecified atom stereocenters. The number of ether oxygens (including phenoxy) is 1. The molecule has 0 radical (unpaired) electrons. The number of hydrogen-bond donors (Lipinski definition) is 2. The highest BCUT2D eigenvalue weighted by Crippen LogP contribution is 2.30. The standard InChI is InChI=1S/C13H20BrNO2/c1-4-13(2,16)9-17-12-10(8-15-3)6-5-7-11(12)14/h5-7,15-16H,4,8-9H2,1-3H3. The van der Waals surface area contributed by atoms with Gasteiger partial charge in [-0.15, -0.1) is 0 Å². The molecule has 0 saturated carbocycles. The Balaban J connectivity index is 2.82. The molecule has 1 atom stereocenters. The summed E-state index contributed by atoms with van der Waals surface area (Å²) in [5.41, 5.74) is 0.292. The van der Waals surface area contributed by atoms with Crippen LogP contribution in [-0.2, 0) is 6.54 Å². The van der Waals surface area contributed by atoms with Crippen LogP contribution in [0.4, 0.5) is 0 Å². The summed E-state index contributed by atoms with van der Waals surface area (Å²) < 4.78 is 6.65. The molecule has 0 aliphatic rings. The van der Waals surface area contributed by atoms with Crippen LogP contribution in [0.15, 0.2) is 22.7 Å². The van der Waals surface area contributed by atoms with Gasteiger partial charge in [-0.3, -0.25) is 0 Å². The fourth-order valence-corrected chi connectivity index (χ4v) is 1.90. The second-order valence-electron chi connectivity index (χ2n) is 4.40. The van der Waals surface area contributed by atoms with Crippen molar-refractivity contribution in [3.8, 4) is 5.75 Å². The molecule has 0 heterocycles. The van der Waals surface area contributed by atoms with Crippen LogP contribution in [0.2, 0.25) is 0 Å². The quantitative estimate of drug-likeness (QED) is 0.849. The van der Waals surface area contributed by atoms with Crippen LogP contribution in [0.25, 0.3) is 0 Å². The molecular formula is C13H20BrNO2. The van der Waals surface area contributed by atoms with E-state index in [1.165, 1.54) is 0 Å². The van der Waals surface area contributed by atoms with Crippen LogP contribution in [0, 0.1) is 0 Å². The average Bonchev–Trinajstić information content (AvgIpc) is 2.29. The van der Waals surface area contributed by atoms with E-state index in [1.807, 2.05) is 32.2 Å². The van der Waals surface area contributed by atoms with Crippen LogP contribution in [-0.4, -0.2) is 24.4 Å². The van der Waals surface area contributed by atoms with Gasteiger partial charge in [-0.05, 0) is 42.4 Å². The van der Waals surface area contributed by atoms with E-state index in [0.29, 0.717) is 13.0 Å². The summed E-state index contributed by atoms with van der Waals surface area (Å²) in [5.74, 6) is 0.801. The lowest BCUT2D eigenvalue weighted by atomic mass is 10.1. The molecule has 1 aromatic rings. The van der Waals surface area contributed by atoms with Crippen LogP contribution in [0.3, 0.4) is 0 Å². The van der Waals surface area contributed by atoms with Gasteiger partial charge >= 0.3 is 0 Å². The molecular weight excluding hydrogens is 282 g/mol. The monoisotopic (exact) mass is 301 g/mol. The number of aliphatic hydroxyl groups is 1. The summed E-state index contributed by atoms with van der Waals surface area (Å²) >= 11 is 3.47. The number of hydrogen-bond acceptors (Lipinski definition) is 3. The third-order valence-electron chi connectivity index (χ3n) is 2.70. The van der Waals surface area contributed by atoms with Crippen LogP contribution in [0.5, 0.6) is 5.75 Å². The molecule has 0 aromatic heterocycles. The molecule has 0 spiro atoms. The van der Waals surface area contributed by atoms with Gasteiger partial charge in [-0.25, -0.2) is 0 Å². The minimum absolute atomic E-state index is 0.294. The summed E-state index contributed by atoms with van der Waals surface area (Å²) in [4.78, 5) is 0. The maximum atomic E-state index is 9.94. The Bertz CT molecular complexity index is 366. The highest BCUT2D eigenvalue weighted by Gasteiger charge is 2.19. The van der Waals surface area contributed by atoms with Crippen molar-refractivity contribution >= 4 is 15.9 Å². The SMILES string of the molecule is CCC(C)(O)COc1c(Br)cccc1CNC. The Morgan fingerprint density at radius 2 is 2.18 bits per heavy atom. The van der Waals surface area contributed by atoms with E-state index in [-0.39, 0.29) is 0 Å². The number of nitrogens with one attached hydrogen (secondary N) is 1. The van der Waals surface area contributed by atoms with Gasteiger partial charge in [-0.2, -0.15) is 0 Å². The average molecular weight is 302 g/mol. The first-order valence-electron chi connectivity index (χ1n) is 5.77. The first kappa shape index (κ1) is 14.5. The summed E-state index contributed by atoms with van der Waals surface area (Å²) in [6.45, 7) is 4.76. The summed E-state index contributed by atoms with van der Waals surface area (Å²) in [7, 11) is 1.90. The van der Waals surface area contributed by atoms with Crippen molar-refractivity contribution in [2.45, 2.75) is 32.4 Å². The van der Waals surface area contributed by atoms with Crippen molar-refractivity contribution in [3.05, 3.63) is 28.2 Å². The highest BCUT2D eigenvalue weighted by atomic mass is 79.9. The zero-order chi connectivity index (χ0) is 12.9. The third-order valence-corrected chi connectivity index (χ3v) is 3.33. The van der Waals surface area contributed by atoms with Gasteiger partial charge < -0.3 is 15.2 Å². The van der Waals surface area contributed by atoms with Crippen molar-refractivity contribution in [1.82, 2.24) is 5.32 Å². The molecule has 96 valence electrons. The van der Waals surface area contributed by atoms with E-state index in [4.69, 9.17) is 4.74 Å². The van der Waals surface area contributed by atoms with E-state index in [9.17, 15) is 5.11 Å². The lowest BCUT2D eigenvalue weighted by Gasteiger charge is -2.23. The van der Waals surface area contributed by atoms with Gasteiger partial charge in [-0.1, -0.05) is 19.1 Å². The molecule has 1 rings (SSSR count). The van der Waals surface area contributed by atoms with Crippen LogP contribution in [0.1, 0.15) is 25.8 Å². The zero-order valence-electron chi connectivity index (χ0n) is 10.6. The lowest BCUT2D eigenvalue weighted by molar-refractivity contribution is 0.00793. The maximum absolute atomic E-state index is 9.94. The van der Waals surface area contributed by atoms with Gasteiger partial charge in [0.15, 0.2) is 0 Å². The van der Waals surface area contributed by atoms with Crippen molar-refractivity contribution < 1.29 is 9.84 Å². The molecule has 4 heteroatoms. The number of benzene rings is 1. The Kier molecular flexibility index (Phi) is 5.43. The van der Waals surface area contributed by atoms with Crippen LogP contribution >= 0.6 is 15.9 Å². The largest absolute Gasteiger partial charge is 0.489 e. The number of halogens is 1. The van der Waals surface area contributed by atoms with Crippen molar-refractivity contribution in [2.24, 2.45) is 0 Å². The van der Waals surface area contributed by atoms with Gasteiger partial charge in [0.25, 0.3) is 0 Å². The van der Waals surface area contributed by atoms with Gasteiger partial charge in [0.1, 0.15) is 12.4 Å². The van der Waals surface area contributed by atoms with Crippen LogP contribution < -0.4 is 10.1 Å². The fraction of sp³-hybridized carbons (Fsp3) is 0.538. The Hall–Kier alpha value is -0.580. The van der Waals surface area contributed by atoms with Gasteiger partial charge in [0.2, 0.25) is 0 Å². The van der Waals surface area contributed by atoms with E-state index < -0.39 is 5.60 Å². The third kappa shape index (κ3) is 4.30. The molecule has 1 aromatic carbocycles. The number of para-hydroxylation sites is 1. The first-order chi connectivity index (χ1) is 8.00. The van der Waals surface area contributed by atoms with E-state index >= 15 is 0 Å². The Morgan fingerprint density at radius 3 is 2.76 bits per heavy atom. The topological polar surface area (TPSA) is 41.5 Å². The van der Waals surface area contributed by atoms with E-state index in [2.05, 4.69) is 21.2 Å². The molecule has 0 fully saturated rings. The molecule has 0 aliphatic heterocycles. The summed E-state index contributed by atoms with van der Waals surface area (Å²) in [6.07, 6.45) is 0.665. The second-order valence-corrected chi connectivity index (χ2v) is 5.25. The molecule has 0 amide bonds. The highest BCUT2D eigenvalue weighted by molar-refractivity contribution is 9.10. The summed E-state index contributed by atoms with van der Waals surface area (Å²) in [6, 6.07) is 5.92. The first-order valence-corrected chi connectivity index (χ1v) is 6.56. The normalized spacial score (nSPS) is 14.4. The predicted molar refractivity (Wildman–Crippen MR) is 73.3 cm³/mol. The van der Waals surface area contributed by atoms with Gasteiger partial charge in [0, 0.05) is 12.1 Å². The van der Waals surface area contributed by atoms with E-state index in [1.54, 1.807) is 6.92 Å². The Morgan fingerprint density at radius 1 is 1.47 bits per heavy atom. The molecule has 0 saturated heterocycles. The maximum Gasteiger partial charge on any atom is 0.138 e. The molecule has 3 nitrogen and oxygen atoms in total. The smallest absolute Gasteiger partial charge is 0.138 e.